The molecule has 6 aromatic rings. The molecule has 2 aliphatic rings. The number of carboxylic acid groups (broad SMARTS) is 1. The Bertz CT molecular complexity index is 2590. The van der Waals surface area contributed by atoms with E-state index in [9.17, 15) is 23.9 Å². The second-order valence-electron chi connectivity index (χ2n) is 15.6. The smallest absolute Gasteiger partial charge is 0.326 e. The molecule has 0 saturated heterocycles. The number of amides is 2. The minimum atomic E-state index is -1.19. The highest BCUT2D eigenvalue weighted by atomic mass is 35.5. The van der Waals surface area contributed by atoms with Crippen molar-refractivity contribution in [1.82, 2.24) is 10.2 Å². The van der Waals surface area contributed by atoms with Crippen LogP contribution in [0.25, 0.3) is 11.1 Å². The number of aliphatic carboxylic acids is 1. The number of halogens is 3. The van der Waals surface area contributed by atoms with E-state index in [-0.39, 0.29) is 37.2 Å². The zero-order valence-corrected chi connectivity index (χ0v) is 35.6. The summed E-state index contributed by atoms with van der Waals surface area (Å²) in [5, 5.41) is 14.1. The molecule has 316 valence electrons. The van der Waals surface area contributed by atoms with Crippen molar-refractivity contribution in [2.24, 2.45) is 0 Å². The Morgan fingerprint density at radius 1 is 0.855 bits per heavy atom. The van der Waals surface area contributed by atoms with Crippen molar-refractivity contribution in [2.75, 3.05) is 11.9 Å². The Morgan fingerprint density at radius 2 is 1.53 bits per heavy atom. The lowest BCUT2D eigenvalue weighted by molar-refractivity contribution is -0.143. The molecule has 62 heavy (non-hydrogen) atoms. The van der Waals surface area contributed by atoms with E-state index in [1.165, 1.54) is 12.1 Å². The van der Waals surface area contributed by atoms with E-state index >= 15 is 0 Å². The van der Waals surface area contributed by atoms with Crippen LogP contribution in [0.2, 0.25) is 10.0 Å². The summed E-state index contributed by atoms with van der Waals surface area (Å²) < 4.78 is 25.9. The highest BCUT2D eigenvalue weighted by Crippen LogP contribution is 2.43. The summed E-state index contributed by atoms with van der Waals surface area (Å²) >= 11 is 12.2. The standard InChI is InChI=1S/C50H44Cl2FN3O6/c1-3-43(34-7-5-4-6-8-34)56-28-37-27-46-44(55(2)49(58)47(62-46)35-16-20-39(21-17-35)61-29-31-11-22-40(51)41(52)23-31)25-36(37)26-45(56)48(57)54-42(50(59)60)24-30-9-12-32(13-10-30)33-14-18-38(53)19-15-33/h4-23,25,27,42-43,45,47H,3,24,26,28-29H2,1-2H3,(H,54,57)(H,59,60)/t42-,43-,45-,47-/m0/s1. The second kappa shape index (κ2) is 18.4. The summed E-state index contributed by atoms with van der Waals surface area (Å²) in [6.45, 7) is 2.74. The number of hydrogen-bond donors (Lipinski definition) is 2. The van der Waals surface area contributed by atoms with Gasteiger partial charge in [0.1, 0.15) is 30.0 Å². The molecule has 8 rings (SSSR count). The van der Waals surface area contributed by atoms with Gasteiger partial charge in [-0.3, -0.25) is 14.5 Å². The molecule has 0 saturated carbocycles. The number of likely N-dealkylation sites (N-methyl/N-ethyl adjacent to an activating group) is 1. The Balaban J connectivity index is 1.02. The lowest BCUT2D eigenvalue weighted by Gasteiger charge is -2.42. The number of rotatable bonds is 13. The predicted octanol–water partition coefficient (Wildman–Crippen LogP) is 10.2. The van der Waals surface area contributed by atoms with Crippen LogP contribution in [-0.2, 0) is 40.4 Å². The largest absolute Gasteiger partial charge is 0.489 e. The second-order valence-corrected chi connectivity index (χ2v) is 16.4. The van der Waals surface area contributed by atoms with Crippen LogP contribution in [0.15, 0.2) is 133 Å². The molecule has 0 radical (unpaired) electrons. The molecule has 0 aliphatic carbocycles. The number of carboxylic acids is 1. The van der Waals surface area contributed by atoms with Gasteiger partial charge in [0.2, 0.25) is 12.0 Å². The van der Waals surface area contributed by atoms with Crippen molar-refractivity contribution in [1.29, 1.82) is 0 Å². The predicted molar refractivity (Wildman–Crippen MR) is 238 cm³/mol. The van der Waals surface area contributed by atoms with Crippen molar-refractivity contribution in [3.05, 3.63) is 183 Å². The number of nitrogens with one attached hydrogen (secondary N) is 1. The number of ether oxygens (including phenoxy) is 2. The van der Waals surface area contributed by atoms with Crippen LogP contribution in [0.4, 0.5) is 10.1 Å². The van der Waals surface area contributed by atoms with Gasteiger partial charge >= 0.3 is 5.97 Å². The third-order valence-electron chi connectivity index (χ3n) is 11.6. The van der Waals surface area contributed by atoms with Crippen molar-refractivity contribution in [3.8, 4) is 22.6 Å². The summed E-state index contributed by atoms with van der Waals surface area (Å²) in [5.41, 5.74) is 7.40. The fraction of sp³-hybridized carbons (Fsp3) is 0.220. The molecule has 12 heteroatoms. The van der Waals surface area contributed by atoms with Crippen molar-refractivity contribution in [3.63, 3.8) is 0 Å². The van der Waals surface area contributed by atoms with Crippen molar-refractivity contribution >= 4 is 46.7 Å². The van der Waals surface area contributed by atoms with Crippen molar-refractivity contribution in [2.45, 2.75) is 63.6 Å². The van der Waals surface area contributed by atoms with E-state index in [2.05, 4.69) is 17.1 Å². The number of anilines is 1. The van der Waals surface area contributed by atoms with Gasteiger partial charge < -0.3 is 24.8 Å². The quantitative estimate of drug-likeness (QED) is 0.119. The van der Waals surface area contributed by atoms with Gasteiger partial charge in [-0.2, -0.15) is 0 Å². The van der Waals surface area contributed by atoms with Crippen LogP contribution in [0.1, 0.15) is 58.9 Å². The summed E-state index contributed by atoms with van der Waals surface area (Å²) in [6.07, 6.45) is 0.149. The molecular weight excluding hydrogens is 828 g/mol. The Labute approximate surface area is 369 Å². The van der Waals surface area contributed by atoms with Crippen molar-refractivity contribution < 1.29 is 33.4 Å². The van der Waals surface area contributed by atoms with E-state index in [0.29, 0.717) is 45.8 Å². The SMILES string of the molecule is CC[C@@H](c1ccccc1)N1Cc2cc3c(cc2C[C@H]1C(=O)N[C@@H](Cc1ccc(-c2ccc(F)cc2)cc1)C(=O)O)N(C)C(=O)[C@H](c1ccc(OCc2ccc(Cl)c(Cl)c2)cc1)O3. The fourth-order valence-electron chi connectivity index (χ4n) is 8.28. The normalized spacial score (nSPS) is 17.0. The number of hydrogen-bond acceptors (Lipinski definition) is 6. The topological polar surface area (TPSA) is 108 Å². The summed E-state index contributed by atoms with van der Waals surface area (Å²) in [5.74, 6) is -0.969. The van der Waals surface area contributed by atoms with Gasteiger partial charge in [0, 0.05) is 31.6 Å². The van der Waals surface area contributed by atoms with Crippen LogP contribution in [-0.4, -0.2) is 46.9 Å². The maximum atomic E-state index is 14.5. The average molecular weight is 873 g/mol. The minimum absolute atomic E-state index is 0.0668. The highest BCUT2D eigenvalue weighted by Gasteiger charge is 2.40. The maximum absolute atomic E-state index is 14.5. The van der Waals surface area contributed by atoms with Crippen LogP contribution in [0.3, 0.4) is 0 Å². The Morgan fingerprint density at radius 3 is 2.19 bits per heavy atom. The number of carbonyl (C=O) groups excluding carboxylic acids is 2. The first-order valence-corrected chi connectivity index (χ1v) is 21.2. The van der Waals surface area contributed by atoms with E-state index < -0.39 is 30.1 Å². The number of nitrogens with zero attached hydrogens (tertiary/aromatic N) is 2. The minimum Gasteiger partial charge on any atom is -0.489 e. The van der Waals surface area contributed by atoms with E-state index in [4.69, 9.17) is 32.7 Å². The first-order chi connectivity index (χ1) is 29.9. The average Bonchev–Trinajstić information content (AvgIpc) is 3.28. The Kier molecular flexibility index (Phi) is 12.6. The molecule has 9 nitrogen and oxygen atoms in total. The molecule has 0 spiro atoms. The molecule has 0 bridgehead atoms. The monoisotopic (exact) mass is 871 g/mol. The molecule has 0 fully saturated rings. The maximum Gasteiger partial charge on any atom is 0.326 e. The summed E-state index contributed by atoms with van der Waals surface area (Å²) in [7, 11) is 1.71. The zero-order valence-electron chi connectivity index (χ0n) is 34.1. The van der Waals surface area contributed by atoms with Gasteiger partial charge in [-0.25, -0.2) is 9.18 Å². The van der Waals surface area contributed by atoms with Crippen LogP contribution < -0.4 is 19.7 Å². The number of fused-ring (bicyclic) bond motifs is 2. The fourth-order valence-corrected chi connectivity index (χ4v) is 8.61. The number of benzene rings is 6. The lowest BCUT2D eigenvalue weighted by Crippen LogP contribution is -2.55. The van der Waals surface area contributed by atoms with E-state index in [1.807, 2.05) is 84.9 Å². The molecule has 0 aromatic heterocycles. The molecule has 0 unspecified atom stereocenters. The van der Waals surface area contributed by atoms with E-state index in [0.717, 1.165) is 38.9 Å². The van der Waals surface area contributed by atoms with Crippen LogP contribution in [0.5, 0.6) is 11.5 Å². The molecule has 2 amide bonds. The molecule has 2 N–H and O–H groups in total. The van der Waals surface area contributed by atoms with Gasteiger partial charge in [0.25, 0.3) is 5.91 Å². The molecular formula is C50H44Cl2FN3O6. The van der Waals surface area contributed by atoms with Gasteiger partial charge in [0.15, 0.2) is 0 Å². The van der Waals surface area contributed by atoms with E-state index in [1.54, 1.807) is 48.3 Å². The Hall–Kier alpha value is -6.20. The summed E-state index contributed by atoms with van der Waals surface area (Å²) in [4.78, 5) is 44.7. The first kappa shape index (κ1) is 42.5. The molecule has 6 aromatic carbocycles. The summed E-state index contributed by atoms with van der Waals surface area (Å²) in [6, 6.07) is 37.8. The lowest BCUT2D eigenvalue weighted by atomic mass is 9.88. The highest BCUT2D eigenvalue weighted by molar-refractivity contribution is 6.42. The van der Waals surface area contributed by atoms with Crippen LogP contribution in [0, 0.1) is 5.82 Å². The van der Waals surface area contributed by atoms with Gasteiger partial charge in [0.05, 0.1) is 21.8 Å². The molecule has 4 atom stereocenters. The van der Waals surface area contributed by atoms with Gasteiger partial charge in [-0.1, -0.05) is 115 Å². The van der Waals surface area contributed by atoms with Crippen LogP contribution >= 0.6 is 23.2 Å². The third kappa shape index (κ3) is 9.18. The zero-order chi connectivity index (χ0) is 43.5. The molecule has 2 aliphatic heterocycles. The number of carbonyl (C=O) groups is 3. The third-order valence-corrected chi connectivity index (χ3v) is 12.4. The molecule has 2 heterocycles. The first-order valence-electron chi connectivity index (χ1n) is 20.4. The van der Waals surface area contributed by atoms with Gasteiger partial charge in [-0.15, -0.1) is 0 Å². The van der Waals surface area contributed by atoms with Gasteiger partial charge in [-0.05, 0) is 100 Å².